The van der Waals surface area contributed by atoms with Gasteiger partial charge in [0.15, 0.2) is 17.3 Å². The number of hydrogen-bond acceptors (Lipinski definition) is 7. The number of nitrogens with zero attached hydrogens (tertiary/aromatic N) is 4. The molecule has 1 atom stereocenters. The molecule has 1 aliphatic heterocycles. The molecule has 3 heterocycles. The molecule has 0 aliphatic carbocycles. The van der Waals surface area contributed by atoms with Crippen LogP contribution in [0.4, 0.5) is 0 Å². The lowest BCUT2D eigenvalue weighted by molar-refractivity contribution is -0.141. The summed E-state index contributed by atoms with van der Waals surface area (Å²) in [7, 11) is 4.47. The number of aromatic nitrogens is 3. The molecule has 1 unspecified atom stereocenters. The molecule has 0 saturated carbocycles. The zero-order valence-corrected chi connectivity index (χ0v) is 18.1. The minimum Gasteiger partial charge on any atom is -0.493 e. The van der Waals surface area contributed by atoms with Gasteiger partial charge >= 0.3 is 5.97 Å². The van der Waals surface area contributed by atoms with Crippen molar-refractivity contribution in [1.82, 2.24) is 19.7 Å². The molecule has 3 aromatic rings. The second kappa shape index (κ2) is 9.09. The zero-order chi connectivity index (χ0) is 22.7. The van der Waals surface area contributed by atoms with E-state index in [9.17, 15) is 9.59 Å². The van der Waals surface area contributed by atoms with Crippen molar-refractivity contribution >= 4 is 11.9 Å². The number of rotatable bonds is 6. The molecule has 4 rings (SSSR count). The molecule has 0 saturated heterocycles. The lowest BCUT2D eigenvalue weighted by atomic mass is 9.89. The molecule has 9 heteroatoms. The minimum absolute atomic E-state index is 0.0313. The maximum atomic E-state index is 13.4. The van der Waals surface area contributed by atoms with Crippen molar-refractivity contribution in [2.24, 2.45) is 0 Å². The second-order valence-electron chi connectivity index (χ2n) is 7.31. The average Bonchev–Trinajstić information content (AvgIpc) is 3.38. The van der Waals surface area contributed by atoms with E-state index in [1.165, 1.54) is 13.3 Å². The number of hydrogen-bond donors (Lipinski definition) is 0. The second-order valence-corrected chi connectivity index (χ2v) is 7.31. The molecule has 0 spiro atoms. The standard InChI is InChI=1S/C23H24N4O5/c1-30-19-11-15-7-10-26(18(13-22(28)32-3)17(15)12-20(19)31-2)23(29)16-5-6-21(24-14-16)27-9-4-8-25-27/h4-6,8-9,11-12,14,18H,7,10,13H2,1-3H3. The van der Waals surface area contributed by atoms with Crippen LogP contribution in [0, 0.1) is 0 Å². The molecule has 0 radical (unpaired) electrons. The normalized spacial score (nSPS) is 15.1. The Bertz CT molecular complexity index is 1110. The number of benzene rings is 1. The minimum atomic E-state index is -0.496. The van der Waals surface area contributed by atoms with Crippen molar-refractivity contribution < 1.29 is 23.8 Å². The van der Waals surface area contributed by atoms with E-state index in [4.69, 9.17) is 14.2 Å². The predicted molar refractivity (Wildman–Crippen MR) is 115 cm³/mol. The Balaban J connectivity index is 1.68. The fourth-order valence-corrected chi connectivity index (χ4v) is 3.95. The van der Waals surface area contributed by atoms with Crippen LogP contribution in [-0.4, -0.2) is 59.4 Å². The van der Waals surface area contributed by atoms with E-state index in [0.717, 1.165) is 11.1 Å². The highest BCUT2D eigenvalue weighted by molar-refractivity contribution is 5.94. The molecule has 2 aromatic heterocycles. The zero-order valence-electron chi connectivity index (χ0n) is 18.1. The Morgan fingerprint density at radius 3 is 2.53 bits per heavy atom. The van der Waals surface area contributed by atoms with Crippen LogP contribution in [0.1, 0.15) is 33.9 Å². The summed E-state index contributed by atoms with van der Waals surface area (Å²) in [5.41, 5.74) is 2.28. The number of carbonyl (C=O) groups is 2. The van der Waals surface area contributed by atoms with Gasteiger partial charge in [-0.25, -0.2) is 9.67 Å². The molecule has 166 valence electrons. The number of amides is 1. The van der Waals surface area contributed by atoms with E-state index >= 15 is 0 Å². The van der Waals surface area contributed by atoms with Gasteiger partial charge in [-0.05, 0) is 47.9 Å². The Hall–Kier alpha value is -3.88. The molecule has 1 aromatic carbocycles. The molecule has 0 bridgehead atoms. The lowest BCUT2D eigenvalue weighted by Gasteiger charge is -2.37. The lowest BCUT2D eigenvalue weighted by Crippen LogP contribution is -2.41. The van der Waals surface area contributed by atoms with E-state index in [0.29, 0.717) is 35.8 Å². The van der Waals surface area contributed by atoms with Crippen molar-refractivity contribution in [2.75, 3.05) is 27.9 Å². The first-order chi connectivity index (χ1) is 15.5. The van der Waals surface area contributed by atoms with Gasteiger partial charge in [-0.15, -0.1) is 0 Å². The largest absolute Gasteiger partial charge is 0.493 e. The highest BCUT2D eigenvalue weighted by atomic mass is 16.5. The molecule has 32 heavy (non-hydrogen) atoms. The quantitative estimate of drug-likeness (QED) is 0.548. The van der Waals surface area contributed by atoms with Crippen LogP contribution < -0.4 is 9.47 Å². The summed E-state index contributed by atoms with van der Waals surface area (Å²) in [6.07, 6.45) is 5.62. The molecular weight excluding hydrogens is 412 g/mol. The van der Waals surface area contributed by atoms with Gasteiger partial charge in [0.2, 0.25) is 0 Å². The summed E-state index contributed by atoms with van der Waals surface area (Å²) < 4.78 is 17.4. The third-order valence-corrected chi connectivity index (χ3v) is 5.59. The van der Waals surface area contributed by atoms with Gasteiger partial charge in [-0.3, -0.25) is 9.59 Å². The Morgan fingerprint density at radius 2 is 1.91 bits per heavy atom. The molecule has 9 nitrogen and oxygen atoms in total. The number of pyridine rings is 1. The topological polar surface area (TPSA) is 95.8 Å². The summed E-state index contributed by atoms with van der Waals surface area (Å²) in [4.78, 5) is 31.7. The van der Waals surface area contributed by atoms with Gasteiger partial charge in [-0.1, -0.05) is 0 Å². The third kappa shape index (κ3) is 4.01. The summed E-state index contributed by atoms with van der Waals surface area (Å²) in [5, 5.41) is 4.15. The monoisotopic (exact) mass is 436 g/mol. The van der Waals surface area contributed by atoms with Gasteiger partial charge in [-0.2, -0.15) is 5.10 Å². The van der Waals surface area contributed by atoms with Crippen LogP contribution in [0.25, 0.3) is 5.82 Å². The Morgan fingerprint density at radius 1 is 1.12 bits per heavy atom. The van der Waals surface area contributed by atoms with Crippen molar-refractivity contribution in [3.63, 3.8) is 0 Å². The highest BCUT2D eigenvalue weighted by Gasteiger charge is 2.34. The summed E-state index contributed by atoms with van der Waals surface area (Å²) >= 11 is 0. The van der Waals surface area contributed by atoms with Crippen molar-refractivity contribution in [1.29, 1.82) is 0 Å². The summed E-state index contributed by atoms with van der Waals surface area (Å²) in [5.74, 6) is 1.15. The van der Waals surface area contributed by atoms with Crippen LogP contribution in [0.3, 0.4) is 0 Å². The van der Waals surface area contributed by atoms with Crippen molar-refractivity contribution in [3.8, 4) is 17.3 Å². The van der Waals surface area contributed by atoms with Gasteiger partial charge in [0.05, 0.1) is 39.4 Å². The summed E-state index contributed by atoms with van der Waals surface area (Å²) in [6.45, 7) is 0.448. The van der Waals surface area contributed by atoms with Crippen LogP contribution in [0.5, 0.6) is 11.5 Å². The van der Waals surface area contributed by atoms with Gasteiger partial charge < -0.3 is 19.1 Å². The number of fused-ring (bicyclic) bond motifs is 1. The Labute approximate surface area is 185 Å². The van der Waals surface area contributed by atoms with E-state index in [2.05, 4.69) is 10.1 Å². The summed E-state index contributed by atoms with van der Waals surface area (Å²) in [6, 6.07) is 8.49. The number of ether oxygens (including phenoxy) is 3. The SMILES string of the molecule is COC(=O)CC1c2cc(OC)c(OC)cc2CCN1C(=O)c1ccc(-n2cccn2)nc1. The first kappa shape index (κ1) is 21.4. The maximum absolute atomic E-state index is 13.4. The van der Waals surface area contributed by atoms with Crippen molar-refractivity contribution in [2.45, 2.75) is 18.9 Å². The van der Waals surface area contributed by atoms with Gasteiger partial charge in [0, 0.05) is 25.1 Å². The van der Waals surface area contributed by atoms with E-state index < -0.39 is 12.0 Å². The van der Waals surface area contributed by atoms with Crippen LogP contribution in [0.2, 0.25) is 0 Å². The first-order valence-corrected chi connectivity index (χ1v) is 10.1. The molecular formula is C23H24N4O5. The van der Waals surface area contributed by atoms with Crippen LogP contribution in [-0.2, 0) is 16.0 Å². The maximum Gasteiger partial charge on any atom is 0.307 e. The van der Waals surface area contributed by atoms with E-state index in [1.807, 2.05) is 12.1 Å². The van der Waals surface area contributed by atoms with E-state index in [-0.39, 0.29) is 12.3 Å². The van der Waals surface area contributed by atoms with Gasteiger partial charge in [0.1, 0.15) is 0 Å². The molecule has 0 N–H and O–H groups in total. The smallest absolute Gasteiger partial charge is 0.307 e. The predicted octanol–water partition coefficient (Wildman–Crippen LogP) is 2.59. The van der Waals surface area contributed by atoms with Gasteiger partial charge in [0.25, 0.3) is 5.91 Å². The first-order valence-electron chi connectivity index (χ1n) is 10.1. The van der Waals surface area contributed by atoms with Crippen LogP contribution >= 0.6 is 0 Å². The van der Waals surface area contributed by atoms with Crippen molar-refractivity contribution in [3.05, 3.63) is 65.6 Å². The number of methoxy groups -OCH3 is 3. The van der Waals surface area contributed by atoms with Crippen LogP contribution in [0.15, 0.2) is 48.9 Å². The third-order valence-electron chi connectivity index (χ3n) is 5.59. The molecule has 0 fully saturated rings. The fourth-order valence-electron chi connectivity index (χ4n) is 3.95. The number of carbonyl (C=O) groups excluding carboxylic acids is 2. The average molecular weight is 436 g/mol. The fraction of sp³-hybridized carbons (Fsp3) is 0.304. The number of esters is 1. The highest BCUT2D eigenvalue weighted by Crippen LogP contribution is 2.40. The molecule has 1 aliphatic rings. The Kier molecular flexibility index (Phi) is 6.07. The van der Waals surface area contributed by atoms with E-state index in [1.54, 1.807) is 54.4 Å². The molecule has 1 amide bonds.